The number of aromatic nitrogens is 2. The summed E-state index contributed by atoms with van der Waals surface area (Å²) in [5.74, 6) is -0.792. The highest BCUT2D eigenvalue weighted by atomic mass is 35.5. The highest BCUT2D eigenvalue weighted by molar-refractivity contribution is 7.19. The van der Waals surface area contributed by atoms with E-state index in [0.717, 1.165) is 16.0 Å². The molecule has 2 aromatic heterocycles. The third-order valence-electron chi connectivity index (χ3n) is 4.85. The first-order valence-electron chi connectivity index (χ1n) is 9.18. The number of rotatable bonds is 4. The Balaban J connectivity index is 1.74. The molecule has 0 saturated carbocycles. The van der Waals surface area contributed by atoms with E-state index < -0.39 is 17.8 Å². The average molecular weight is 442 g/mol. The van der Waals surface area contributed by atoms with Crippen LogP contribution in [-0.4, -0.2) is 15.5 Å². The van der Waals surface area contributed by atoms with Crippen LogP contribution in [-0.2, 0) is 4.79 Å². The molecule has 4 rings (SSSR count). The molecule has 8 heteroatoms. The molecule has 0 aliphatic heterocycles. The van der Waals surface area contributed by atoms with E-state index in [0.29, 0.717) is 20.9 Å². The maximum absolute atomic E-state index is 13.3. The summed E-state index contributed by atoms with van der Waals surface area (Å²) in [6.07, 6.45) is 1.39. The van der Waals surface area contributed by atoms with Crippen molar-refractivity contribution in [2.75, 3.05) is 5.32 Å². The number of aryl methyl sites for hydroxylation is 1. The number of hydrogen-bond acceptors (Lipinski definition) is 4. The Morgan fingerprint density at radius 1 is 1.17 bits per heavy atom. The molecule has 5 nitrogen and oxygen atoms in total. The molecule has 4 aromatic rings. The number of anilines is 1. The number of hydrogen-bond donors (Lipinski definition) is 1. The molecular weight excluding hydrogens is 425 g/mol. The minimum Gasteiger partial charge on any atom is -0.324 e. The Morgan fingerprint density at radius 2 is 1.83 bits per heavy atom. The second-order valence-corrected chi connectivity index (χ2v) is 8.49. The van der Waals surface area contributed by atoms with Crippen molar-refractivity contribution in [2.45, 2.75) is 19.9 Å². The number of carbonyl (C=O) groups excluding carboxylic acids is 1. The molecule has 152 valence electrons. The zero-order valence-electron chi connectivity index (χ0n) is 16.1. The number of fused-ring (bicyclic) bond motifs is 1. The summed E-state index contributed by atoms with van der Waals surface area (Å²) in [6, 6.07) is 11.9. The van der Waals surface area contributed by atoms with E-state index in [1.54, 1.807) is 19.1 Å². The van der Waals surface area contributed by atoms with E-state index in [4.69, 9.17) is 11.6 Å². The monoisotopic (exact) mass is 441 g/mol. The second kappa shape index (κ2) is 8.01. The van der Waals surface area contributed by atoms with Crippen LogP contribution < -0.4 is 10.9 Å². The largest absolute Gasteiger partial charge is 0.324 e. The van der Waals surface area contributed by atoms with Gasteiger partial charge < -0.3 is 5.32 Å². The predicted molar refractivity (Wildman–Crippen MR) is 119 cm³/mol. The Morgan fingerprint density at radius 3 is 2.50 bits per heavy atom. The lowest BCUT2D eigenvalue weighted by atomic mass is 10.0. The fourth-order valence-corrected chi connectivity index (χ4v) is 4.39. The Labute approximate surface area is 180 Å². The summed E-state index contributed by atoms with van der Waals surface area (Å²) in [5.41, 5.74) is 1.81. The Bertz CT molecular complexity index is 1300. The van der Waals surface area contributed by atoms with Gasteiger partial charge in [-0.05, 0) is 55.8 Å². The minimum atomic E-state index is -0.808. The second-order valence-electron chi connectivity index (χ2n) is 6.85. The van der Waals surface area contributed by atoms with Crippen LogP contribution in [0, 0.1) is 12.7 Å². The fraction of sp³-hybridized carbons (Fsp3) is 0.136. The summed E-state index contributed by atoms with van der Waals surface area (Å²) in [5, 5.41) is 3.78. The van der Waals surface area contributed by atoms with E-state index in [9.17, 15) is 14.0 Å². The molecular formula is C22H17ClFN3O2S. The Hall–Kier alpha value is -3.03. The SMILES string of the molecule is Cc1sc2ncn(C(C)C(=O)Nc3ccc(F)cc3)c(=O)c2c1-c1ccc(Cl)cc1. The molecule has 0 aliphatic rings. The topological polar surface area (TPSA) is 64.0 Å². The van der Waals surface area contributed by atoms with E-state index in [2.05, 4.69) is 10.3 Å². The van der Waals surface area contributed by atoms with Crippen molar-refractivity contribution in [3.05, 3.63) is 80.9 Å². The summed E-state index contributed by atoms with van der Waals surface area (Å²) in [6.45, 7) is 3.56. The van der Waals surface area contributed by atoms with E-state index in [1.807, 2.05) is 19.1 Å². The lowest BCUT2D eigenvalue weighted by Gasteiger charge is -2.15. The molecule has 1 atom stereocenters. The zero-order chi connectivity index (χ0) is 21.4. The molecule has 2 heterocycles. The van der Waals surface area contributed by atoms with Gasteiger partial charge in [0.2, 0.25) is 5.91 Å². The smallest absolute Gasteiger partial charge is 0.263 e. The van der Waals surface area contributed by atoms with Gasteiger partial charge in [0.25, 0.3) is 5.56 Å². The van der Waals surface area contributed by atoms with Crippen molar-refractivity contribution in [2.24, 2.45) is 0 Å². The van der Waals surface area contributed by atoms with Gasteiger partial charge in [0.05, 0.1) is 11.7 Å². The van der Waals surface area contributed by atoms with Gasteiger partial charge in [-0.15, -0.1) is 11.3 Å². The van der Waals surface area contributed by atoms with Gasteiger partial charge in [-0.1, -0.05) is 23.7 Å². The van der Waals surface area contributed by atoms with Gasteiger partial charge in [-0.3, -0.25) is 14.2 Å². The fourth-order valence-electron chi connectivity index (χ4n) is 3.26. The molecule has 0 bridgehead atoms. The highest BCUT2D eigenvalue weighted by Gasteiger charge is 2.22. The van der Waals surface area contributed by atoms with Gasteiger partial charge in [0, 0.05) is 21.2 Å². The van der Waals surface area contributed by atoms with E-state index in [1.165, 1.54) is 46.5 Å². The van der Waals surface area contributed by atoms with E-state index in [-0.39, 0.29) is 5.56 Å². The minimum absolute atomic E-state index is 0.295. The summed E-state index contributed by atoms with van der Waals surface area (Å²) in [4.78, 5) is 32.0. The molecule has 1 amide bonds. The number of benzene rings is 2. The van der Waals surface area contributed by atoms with Crippen molar-refractivity contribution in [1.29, 1.82) is 0 Å². The first-order chi connectivity index (χ1) is 14.3. The zero-order valence-corrected chi connectivity index (χ0v) is 17.7. The first kappa shape index (κ1) is 20.3. The summed E-state index contributed by atoms with van der Waals surface area (Å²) >= 11 is 7.43. The standard InChI is InChI=1S/C22H17ClFN3O2S/c1-12(20(28)26-17-9-7-16(24)8-10-17)27-11-25-21-19(22(27)29)18(13(2)30-21)14-3-5-15(23)6-4-14/h3-12H,1-2H3,(H,26,28). The maximum atomic E-state index is 13.3. The van der Waals surface area contributed by atoms with Crippen LogP contribution in [0.15, 0.2) is 59.7 Å². The average Bonchev–Trinajstić information content (AvgIpc) is 3.07. The van der Waals surface area contributed by atoms with Gasteiger partial charge in [-0.25, -0.2) is 9.37 Å². The van der Waals surface area contributed by atoms with Crippen molar-refractivity contribution in [3.63, 3.8) is 0 Å². The molecule has 0 radical (unpaired) electrons. The third-order valence-corrected chi connectivity index (χ3v) is 6.12. The summed E-state index contributed by atoms with van der Waals surface area (Å²) in [7, 11) is 0. The number of thiophene rings is 1. The van der Waals surface area contributed by atoms with Gasteiger partial charge in [-0.2, -0.15) is 0 Å². The lowest BCUT2D eigenvalue weighted by Crippen LogP contribution is -2.31. The molecule has 1 N–H and O–H groups in total. The maximum Gasteiger partial charge on any atom is 0.263 e. The third kappa shape index (κ3) is 3.74. The van der Waals surface area contributed by atoms with Gasteiger partial charge in [0.1, 0.15) is 16.7 Å². The van der Waals surface area contributed by atoms with Crippen LogP contribution in [0.5, 0.6) is 0 Å². The molecule has 30 heavy (non-hydrogen) atoms. The number of nitrogens with zero attached hydrogens (tertiary/aromatic N) is 2. The quantitative estimate of drug-likeness (QED) is 0.459. The van der Waals surface area contributed by atoms with Crippen molar-refractivity contribution < 1.29 is 9.18 Å². The number of halogens is 2. The van der Waals surface area contributed by atoms with Gasteiger partial charge >= 0.3 is 0 Å². The Kier molecular flexibility index (Phi) is 5.40. The van der Waals surface area contributed by atoms with Crippen molar-refractivity contribution in [3.8, 4) is 11.1 Å². The molecule has 0 saturated heterocycles. The van der Waals surface area contributed by atoms with Crippen LogP contribution >= 0.6 is 22.9 Å². The lowest BCUT2D eigenvalue weighted by molar-refractivity contribution is -0.118. The van der Waals surface area contributed by atoms with Gasteiger partial charge in [0.15, 0.2) is 0 Å². The van der Waals surface area contributed by atoms with Crippen LogP contribution in [0.1, 0.15) is 17.8 Å². The van der Waals surface area contributed by atoms with Crippen molar-refractivity contribution in [1.82, 2.24) is 9.55 Å². The number of nitrogens with one attached hydrogen (secondary N) is 1. The van der Waals surface area contributed by atoms with Crippen LogP contribution in [0.2, 0.25) is 5.02 Å². The first-order valence-corrected chi connectivity index (χ1v) is 10.4. The number of amides is 1. The highest BCUT2D eigenvalue weighted by Crippen LogP contribution is 2.36. The molecule has 0 fully saturated rings. The van der Waals surface area contributed by atoms with Crippen molar-refractivity contribution >= 4 is 44.7 Å². The predicted octanol–water partition coefficient (Wildman–Crippen LogP) is 5.43. The van der Waals surface area contributed by atoms with Crippen LogP contribution in [0.25, 0.3) is 21.3 Å². The molecule has 0 spiro atoms. The molecule has 2 aromatic carbocycles. The molecule has 0 aliphatic carbocycles. The molecule has 1 unspecified atom stereocenters. The van der Waals surface area contributed by atoms with Crippen LogP contribution in [0.3, 0.4) is 0 Å². The normalized spacial score (nSPS) is 12.1. The summed E-state index contributed by atoms with van der Waals surface area (Å²) < 4.78 is 14.4. The number of carbonyl (C=O) groups is 1. The van der Waals surface area contributed by atoms with Crippen LogP contribution in [0.4, 0.5) is 10.1 Å². The van der Waals surface area contributed by atoms with E-state index >= 15 is 0 Å².